The van der Waals surface area contributed by atoms with Crippen LogP contribution in [0.3, 0.4) is 0 Å². The van der Waals surface area contributed by atoms with Crippen LogP contribution in [0.1, 0.15) is 12.5 Å². The second kappa shape index (κ2) is 4.19. The van der Waals surface area contributed by atoms with Crippen LogP contribution in [0.15, 0.2) is 35.1 Å². The van der Waals surface area contributed by atoms with Gasteiger partial charge in [-0.1, -0.05) is 31.2 Å². The molecule has 1 heterocycles. The van der Waals surface area contributed by atoms with Crippen molar-refractivity contribution in [2.75, 3.05) is 0 Å². The molecule has 78 valence electrons. The van der Waals surface area contributed by atoms with Gasteiger partial charge in [0.15, 0.2) is 0 Å². The first kappa shape index (κ1) is 10.4. The summed E-state index contributed by atoms with van der Waals surface area (Å²) in [6.07, 6.45) is 2.94. The van der Waals surface area contributed by atoms with E-state index in [1.54, 1.807) is 0 Å². The van der Waals surface area contributed by atoms with Gasteiger partial charge in [0.1, 0.15) is 4.60 Å². The Hall–Kier alpha value is -1.09. The van der Waals surface area contributed by atoms with E-state index in [0.717, 1.165) is 16.6 Å². The van der Waals surface area contributed by atoms with E-state index in [-0.39, 0.29) is 0 Å². The lowest BCUT2D eigenvalue weighted by atomic mass is 10.0. The molecular formula is C12H13BrN2. The Kier molecular flexibility index (Phi) is 2.91. The number of hydrogen-bond acceptors (Lipinski definition) is 1. The number of halogens is 1. The first-order valence-corrected chi connectivity index (χ1v) is 5.79. The molecule has 0 aliphatic carbocycles. The summed E-state index contributed by atoms with van der Waals surface area (Å²) >= 11 is 3.55. The fraction of sp³-hybridized carbons (Fsp3) is 0.250. The largest absolute Gasteiger partial charge is 0.261 e. The number of aromatic nitrogens is 2. The second-order valence-corrected chi connectivity index (χ2v) is 4.23. The lowest BCUT2D eigenvalue weighted by Crippen LogP contribution is -1.90. The van der Waals surface area contributed by atoms with E-state index in [2.05, 4.69) is 52.2 Å². The molecule has 0 fully saturated rings. The zero-order valence-corrected chi connectivity index (χ0v) is 10.5. The van der Waals surface area contributed by atoms with Crippen LogP contribution in [-0.4, -0.2) is 9.78 Å². The van der Waals surface area contributed by atoms with Gasteiger partial charge in [-0.3, -0.25) is 4.68 Å². The molecule has 0 unspecified atom stereocenters. The summed E-state index contributed by atoms with van der Waals surface area (Å²) in [6, 6.07) is 8.44. The first-order valence-electron chi connectivity index (χ1n) is 4.99. The summed E-state index contributed by atoms with van der Waals surface area (Å²) in [4.78, 5) is 0. The third-order valence-corrected chi connectivity index (χ3v) is 3.50. The van der Waals surface area contributed by atoms with Crippen LogP contribution in [0.5, 0.6) is 0 Å². The quantitative estimate of drug-likeness (QED) is 0.813. The Labute approximate surface area is 98.1 Å². The normalized spacial score (nSPS) is 10.6. The van der Waals surface area contributed by atoms with Crippen molar-refractivity contribution >= 4 is 15.9 Å². The molecule has 1 aromatic carbocycles. The smallest absolute Gasteiger partial charge is 0.111 e. The summed E-state index contributed by atoms with van der Waals surface area (Å²) in [5.74, 6) is 0. The van der Waals surface area contributed by atoms with E-state index in [4.69, 9.17) is 0 Å². The monoisotopic (exact) mass is 264 g/mol. The van der Waals surface area contributed by atoms with Gasteiger partial charge in [0, 0.05) is 12.6 Å². The molecule has 0 saturated heterocycles. The highest BCUT2D eigenvalue weighted by atomic mass is 79.9. The molecule has 0 spiro atoms. The summed E-state index contributed by atoms with van der Waals surface area (Å²) < 4.78 is 2.87. The van der Waals surface area contributed by atoms with Crippen molar-refractivity contribution in [2.45, 2.75) is 13.3 Å². The minimum absolute atomic E-state index is 1.03. The van der Waals surface area contributed by atoms with E-state index in [0.29, 0.717) is 0 Å². The van der Waals surface area contributed by atoms with Gasteiger partial charge in [0.05, 0.1) is 6.20 Å². The van der Waals surface area contributed by atoms with Gasteiger partial charge in [-0.15, -0.1) is 0 Å². The molecule has 0 atom stereocenters. The van der Waals surface area contributed by atoms with Crippen molar-refractivity contribution in [2.24, 2.45) is 7.05 Å². The molecule has 15 heavy (non-hydrogen) atoms. The van der Waals surface area contributed by atoms with E-state index in [1.165, 1.54) is 11.1 Å². The fourth-order valence-electron chi connectivity index (χ4n) is 1.69. The van der Waals surface area contributed by atoms with Crippen LogP contribution in [0.4, 0.5) is 0 Å². The van der Waals surface area contributed by atoms with Gasteiger partial charge in [-0.2, -0.15) is 5.10 Å². The average molecular weight is 265 g/mol. The van der Waals surface area contributed by atoms with E-state index in [1.807, 2.05) is 17.9 Å². The summed E-state index contributed by atoms with van der Waals surface area (Å²) in [5, 5.41) is 4.24. The Balaban J connectivity index is 2.58. The minimum atomic E-state index is 1.03. The molecule has 2 aromatic rings. The van der Waals surface area contributed by atoms with Crippen molar-refractivity contribution in [1.29, 1.82) is 0 Å². The van der Waals surface area contributed by atoms with Crippen LogP contribution in [-0.2, 0) is 13.5 Å². The maximum atomic E-state index is 4.24. The third kappa shape index (κ3) is 1.84. The van der Waals surface area contributed by atoms with Gasteiger partial charge >= 0.3 is 0 Å². The van der Waals surface area contributed by atoms with E-state index in [9.17, 15) is 0 Å². The second-order valence-electron chi connectivity index (χ2n) is 3.48. The predicted molar refractivity (Wildman–Crippen MR) is 65.7 cm³/mol. The Morgan fingerprint density at radius 2 is 2.00 bits per heavy atom. The highest BCUT2D eigenvalue weighted by Gasteiger charge is 2.10. The van der Waals surface area contributed by atoms with Crippen LogP contribution < -0.4 is 0 Å². The number of hydrogen-bond donors (Lipinski definition) is 0. The topological polar surface area (TPSA) is 17.8 Å². The van der Waals surface area contributed by atoms with Gasteiger partial charge < -0.3 is 0 Å². The number of rotatable bonds is 2. The molecule has 0 amide bonds. The van der Waals surface area contributed by atoms with Crippen LogP contribution in [0.2, 0.25) is 0 Å². The molecule has 1 aromatic heterocycles. The molecule has 0 bridgehead atoms. The van der Waals surface area contributed by atoms with Crippen LogP contribution >= 0.6 is 15.9 Å². The molecule has 0 N–H and O–H groups in total. The number of nitrogens with zero attached hydrogens (tertiary/aromatic N) is 2. The zero-order chi connectivity index (χ0) is 10.8. The van der Waals surface area contributed by atoms with Gasteiger partial charge in [0.2, 0.25) is 0 Å². The van der Waals surface area contributed by atoms with Gasteiger partial charge in [0.25, 0.3) is 0 Å². The van der Waals surface area contributed by atoms with Crippen molar-refractivity contribution < 1.29 is 0 Å². The number of aryl methyl sites for hydroxylation is 2. The average Bonchev–Trinajstić information content (AvgIpc) is 2.60. The highest BCUT2D eigenvalue weighted by molar-refractivity contribution is 9.10. The van der Waals surface area contributed by atoms with Crippen molar-refractivity contribution in [3.05, 3.63) is 40.6 Å². The molecule has 0 saturated carbocycles. The summed E-state index contributed by atoms with van der Waals surface area (Å²) in [7, 11) is 1.93. The van der Waals surface area contributed by atoms with Crippen molar-refractivity contribution in [3.8, 4) is 11.1 Å². The van der Waals surface area contributed by atoms with Gasteiger partial charge in [-0.25, -0.2) is 0 Å². The van der Waals surface area contributed by atoms with Gasteiger partial charge in [-0.05, 0) is 33.5 Å². The third-order valence-electron chi connectivity index (χ3n) is 2.55. The van der Waals surface area contributed by atoms with Crippen LogP contribution in [0.25, 0.3) is 11.1 Å². The molecule has 0 aliphatic rings. The first-order chi connectivity index (χ1) is 7.24. The Morgan fingerprint density at radius 1 is 1.27 bits per heavy atom. The lowest BCUT2D eigenvalue weighted by Gasteiger charge is -2.05. The molecule has 0 aliphatic heterocycles. The molecule has 2 nitrogen and oxygen atoms in total. The van der Waals surface area contributed by atoms with Crippen molar-refractivity contribution in [1.82, 2.24) is 9.78 Å². The molecule has 2 rings (SSSR count). The zero-order valence-electron chi connectivity index (χ0n) is 8.87. The van der Waals surface area contributed by atoms with Crippen LogP contribution in [0, 0.1) is 0 Å². The molecule has 0 radical (unpaired) electrons. The van der Waals surface area contributed by atoms with E-state index < -0.39 is 0 Å². The standard InChI is InChI=1S/C12H13BrN2/c1-3-9-6-4-5-7-10(9)11-8-14-15(2)12(11)13/h4-8H,3H2,1-2H3. The highest BCUT2D eigenvalue weighted by Crippen LogP contribution is 2.30. The lowest BCUT2D eigenvalue weighted by molar-refractivity contribution is 0.750. The predicted octanol–water partition coefficient (Wildman–Crippen LogP) is 3.41. The Bertz CT molecular complexity index is 474. The maximum absolute atomic E-state index is 4.24. The Morgan fingerprint density at radius 3 is 2.60 bits per heavy atom. The van der Waals surface area contributed by atoms with E-state index >= 15 is 0 Å². The molecule has 3 heteroatoms. The molecular weight excluding hydrogens is 252 g/mol. The summed E-state index contributed by atoms with van der Waals surface area (Å²) in [5.41, 5.74) is 3.78. The summed E-state index contributed by atoms with van der Waals surface area (Å²) in [6.45, 7) is 2.17. The van der Waals surface area contributed by atoms with Crippen molar-refractivity contribution in [3.63, 3.8) is 0 Å². The number of benzene rings is 1. The fourth-order valence-corrected chi connectivity index (χ4v) is 2.10. The SMILES string of the molecule is CCc1ccccc1-c1cnn(C)c1Br. The minimum Gasteiger partial charge on any atom is -0.261 e. The maximum Gasteiger partial charge on any atom is 0.111 e.